The van der Waals surface area contributed by atoms with Gasteiger partial charge in [-0.3, -0.25) is 0 Å². The molecule has 1 aromatic heterocycles. The Kier molecular flexibility index (Phi) is 4.27. The second-order valence-electron chi connectivity index (χ2n) is 4.38. The van der Waals surface area contributed by atoms with Crippen molar-refractivity contribution in [2.24, 2.45) is 5.73 Å². The van der Waals surface area contributed by atoms with Gasteiger partial charge in [0.25, 0.3) is 0 Å². The van der Waals surface area contributed by atoms with Crippen LogP contribution in [0.4, 0.5) is 4.39 Å². The van der Waals surface area contributed by atoms with Gasteiger partial charge in [0.15, 0.2) is 0 Å². The molecule has 2 aromatic rings. The summed E-state index contributed by atoms with van der Waals surface area (Å²) in [5.41, 5.74) is 9.06. The third-order valence-corrected chi connectivity index (χ3v) is 3.48. The van der Waals surface area contributed by atoms with E-state index in [0.717, 1.165) is 21.4 Å². The topological polar surface area (TPSA) is 51.8 Å². The Morgan fingerprint density at radius 3 is 2.68 bits per heavy atom. The zero-order chi connectivity index (χ0) is 14.0. The van der Waals surface area contributed by atoms with E-state index < -0.39 is 6.04 Å². The highest BCUT2D eigenvalue weighted by molar-refractivity contribution is 9.10. The standard InChI is InChI=1S/C14H15BrFN3/c1-3-13-11(6-8(2)18-19-13)14(17)10-7-9(15)4-5-12(10)16/h4-7,14H,3,17H2,1-2H3. The maximum absolute atomic E-state index is 13.9. The van der Waals surface area contributed by atoms with Crippen molar-refractivity contribution in [1.29, 1.82) is 0 Å². The van der Waals surface area contributed by atoms with Crippen molar-refractivity contribution < 1.29 is 4.39 Å². The van der Waals surface area contributed by atoms with E-state index in [0.29, 0.717) is 12.0 Å². The highest BCUT2D eigenvalue weighted by atomic mass is 79.9. The normalized spacial score (nSPS) is 12.5. The molecule has 0 saturated carbocycles. The van der Waals surface area contributed by atoms with Crippen LogP contribution in [-0.4, -0.2) is 10.2 Å². The van der Waals surface area contributed by atoms with Gasteiger partial charge < -0.3 is 5.73 Å². The molecule has 1 atom stereocenters. The molecule has 0 amide bonds. The monoisotopic (exact) mass is 323 g/mol. The molecule has 0 fully saturated rings. The number of nitrogens with two attached hydrogens (primary N) is 1. The summed E-state index contributed by atoms with van der Waals surface area (Å²) in [6, 6.07) is 6.10. The first-order valence-corrected chi connectivity index (χ1v) is 6.85. The lowest BCUT2D eigenvalue weighted by molar-refractivity contribution is 0.597. The minimum Gasteiger partial charge on any atom is -0.320 e. The summed E-state index contributed by atoms with van der Waals surface area (Å²) in [7, 11) is 0. The number of aryl methyl sites for hydroxylation is 2. The Balaban J connectivity index is 2.51. The van der Waals surface area contributed by atoms with Crippen molar-refractivity contribution in [2.45, 2.75) is 26.3 Å². The predicted molar refractivity (Wildman–Crippen MR) is 76.3 cm³/mol. The van der Waals surface area contributed by atoms with Gasteiger partial charge in [0.05, 0.1) is 17.4 Å². The molecule has 100 valence electrons. The summed E-state index contributed by atoms with van der Waals surface area (Å²) >= 11 is 3.34. The maximum atomic E-state index is 13.9. The van der Waals surface area contributed by atoms with Crippen LogP contribution in [0.5, 0.6) is 0 Å². The molecule has 2 rings (SSSR count). The average molecular weight is 324 g/mol. The van der Waals surface area contributed by atoms with Gasteiger partial charge in [-0.1, -0.05) is 22.9 Å². The summed E-state index contributed by atoms with van der Waals surface area (Å²) < 4.78 is 14.7. The molecule has 19 heavy (non-hydrogen) atoms. The molecular weight excluding hydrogens is 309 g/mol. The van der Waals surface area contributed by atoms with Crippen molar-refractivity contribution in [3.05, 3.63) is 57.1 Å². The highest BCUT2D eigenvalue weighted by Crippen LogP contribution is 2.27. The molecule has 1 aromatic carbocycles. The minimum atomic E-state index is -0.540. The Hall–Kier alpha value is -1.33. The lowest BCUT2D eigenvalue weighted by atomic mass is 9.97. The van der Waals surface area contributed by atoms with E-state index in [9.17, 15) is 4.39 Å². The molecule has 3 nitrogen and oxygen atoms in total. The van der Waals surface area contributed by atoms with Gasteiger partial charge >= 0.3 is 0 Å². The second-order valence-corrected chi connectivity index (χ2v) is 5.30. The average Bonchev–Trinajstić information content (AvgIpc) is 2.40. The molecule has 2 N–H and O–H groups in total. The van der Waals surface area contributed by atoms with Crippen LogP contribution in [-0.2, 0) is 6.42 Å². The van der Waals surface area contributed by atoms with Crippen LogP contribution in [0.1, 0.15) is 35.5 Å². The molecule has 0 saturated heterocycles. The molecule has 0 bridgehead atoms. The first-order chi connectivity index (χ1) is 9.02. The number of halogens is 2. The van der Waals surface area contributed by atoms with Crippen molar-refractivity contribution >= 4 is 15.9 Å². The van der Waals surface area contributed by atoms with Gasteiger partial charge in [-0.25, -0.2) is 4.39 Å². The van der Waals surface area contributed by atoms with Crippen LogP contribution in [0, 0.1) is 12.7 Å². The van der Waals surface area contributed by atoms with Crippen molar-refractivity contribution in [3.63, 3.8) is 0 Å². The lowest BCUT2D eigenvalue weighted by Crippen LogP contribution is -2.17. The smallest absolute Gasteiger partial charge is 0.128 e. The van der Waals surface area contributed by atoms with E-state index in [1.54, 1.807) is 12.1 Å². The number of hydrogen-bond acceptors (Lipinski definition) is 3. The fourth-order valence-corrected chi connectivity index (χ4v) is 2.38. The van der Waals surface area contributed by atoms with Crippen LogP contribution in [0.15, 0.2) is 28.7 Å². The summed E-state index contributed by atoms with van der Waals surface area (Å²) in [5, 5.41) is 8.15. The summed E-state index contributed by atoms with van der Waals surface area (Å²) in [6.07, 6.45) is 0.714. The lowest BCUT2D eigenvalue weighted by Gasteiger charge is -2.16. The first-order valence-electron chi connectivity index (χ1n) is 6.06. The number of nitrogens with zero attached hydrogens (tertiary/aromatic N) is 2. The molecule has 0 aliphatic rings. The van der Waals surface area contributed by atoms with Gasteiger partial charge in [0.2, 0.25) is 0 Å². The molecule has 0 radical (unpaired) electrons. The van der Waals surface area contributed by atoms with E-state index in [2.05, 4.69) is 26.1 Å². The number of rotatable bonds is 3. The van der Waals surface area contributed by atoms with Crippen molar-refractivity contribution in [2.75, 3.05) is 0 Å². The van der Waals surface area contributed by atoms with Crippen LogP contribution in [0.25, 0.3) is 0 Å². The number of benzene rings is 1. The fourth-order valence-electron chi connectivity index (χ4n) is 2.00. The minimum absolute atomic E-state index is 0.313. The molecular formula is C14H15BrFN3. The van der Waals surface area contributed by atoms with E-state index in [1.807, 2.05) is 19.9 Å². The van der Waals surface area contributed by atoms with Crippen LogP contribution in [0.2, 0.25) is 0 Å². The summed E-state index contributed by atoms with van der Waals surface area (Å²) in [6.45, 7) is 3.83. The molecule has 0 aliphatic carbocycles. The third kappa shape index (κ3) is 2.98. The molecule has 0 aliphatic heterocycles. The summed E-state index contributed by atoms with van der Waals surface area (Å²) in [5.74, 6) is -0.313. The van der Waals surface area contributed by atoms with Crippen LogP contribution >= 0.6 is 15.9 Å². The molecule has 1 unspecified atom stereocenters. The Morgan fingerprint density at radius 1 is 1.26 bits per heavy atom. The third-order valence-electron chi connectivity index (χ3n) is 2.99. The zero-order valence-electron chi connectivity index (χ0n) is 10.8. The second kappa shape index (κ2) is 5.75. The maximum Gasteiger partial charge on any atom is 0.128 e. The van der Waals surface area contributed by atoms with Crippen LogP contribution in [0.3, 0.4) is 0 Å². The van der Waals surface area contributed by atoms with Gasteiger partial charge in [-0.05, 0) is 43.2 Å². The molecule has 5 heteroatoms. The predicted octanol–water partition coefficient (Wildman–Crippen LogP) is 3.30. The van der Waals surface area contributed by atoms with Gasteiger partial charge in [-0.15, -0.1) is 0 Å². The Bertz CT molecular complexity index is 601. The van der Waals surface area contributed by atoms with Gasteiger partial charge in [0, 0.05) is 10.0 Å². The van der Waals surface area contributed by atoms with E-state index in [4.69, 9.17) is 5.73 Å². The largest absolute Gasteiger partial charge is 0.320 e. The van der Waals surface area contributed by atoms with Crippen LogP contribution < -0.4 is 5.73 Å². The van der Waals surface area contributed by atoms with E-state index in [-0.39, 0.29) is 5.82 Å². The Labute approximate surface area is 120 Å². The van der Waals surface area contributed by atoms with Crippen molar-refractivity contribution in [1.82, 2.24) is 10.2 Å². The SMILES string of the molecule is CCc1nnc(C)cc1C(N)c1cc(Br)ccc1F. The van der Waals surface area contributed by atoms with Crippen molar-refractivity contribution in [3.8, 4) is 0 Å². The fraction of sp³-hybridized carbons (Fsp3) is 0.286. The highest BCUT2D eigenvalue weighted by Gasteiger charge is 2.18. The molecule has 1 heterocycles. The van der Waals surface area contributed by atoms with Gasteiger partial charge in [0.1, 0.15) is 5.82 Å². The zero-order valence-corrected chi connectivity index (χ0v) is 12.4. The Morgan fingerprint density at radius 2 is 2.00 bits per heavy atom. The quantitative estimate of drug-likeness (QED) is 0.942. The first kappa shape index (κ1) is 14.1. The van der Waals surface area contributed by atoms with E-state index in [1.165, 1.54) is 6.07 Å². The van der Waals surface area contributed by atoms with E-state index >= 15 is 0 Å². The van der Waals surface area contributed by atoms with Gasteiger partial charge in [-0.2, -0.15) is 10.2 Å². The molecule has 0 spiro atoms. The number of hydrogen-bond donors (Lipinski definition) is 1. The number of aromatic nitrogens is 2. The summed E-state index contributed by atoms with van der Waals surface area (Å²) in [4.78, 5) is 0.